The molecule has 0 aliphatic carbocycles. The summed E-state index contributed by atoms with van der Waals surface area (Å²) < 4.78 is 1.22. The number of aromatic nitrogens is 1. The molecule has 0 radical (unpaired) electrons. The zero-order chi connectivity index (χ0) is 12.7. The van der Waals surface area contributed by atoms with Crippen LogP contribution in [-0.2, 0) is 0 Å². The average Bonchev–Trinajstić information content (AvgIpc) is 2.75. The molecule has 0 amide bonds. The zero-order valence-corrected chi connectivity index (χ0v) is 11.8. The number of benzene rings is 2. The number of thiazole rings is 1. The van der Waals surface area contributed by atoms with Crippen molar-refractivity contribution >= 4 is 33.2 Å². The lowest BCUT2D eigenvalue weighted by molar-refractivity contribution is 1.43. The molecule has 0 atom stereocenters. The van der Waals surface area contributed by atoms with Crippen LogP contribution < -0.4 is 0 Å². The summed E-state index contributed by atoms with van der Waals surface area (Å²) in [4.78, 5) is 4.65. The Morgan fingerprint density at radius 1 is 1.06 bits per heavy atom. The van der Waals surface area contributed by atoms with Crippen molar-refractivity contribution in [1.29, 1.82) is 0 Å². The fourth-order valence-corrected chi connectivity index (χ4v) is 3.12. The van der Waals surface area contributed by atoms with Crippen molar-refractivity contribution in [3.05, 3.63) is 52.5 Å². The summed E-state index contributed by atoms with van der Waals surface area (Å²) in [5.74, 6) is 0. The topological polar surface area (TPSA) is 12.9 Å². The van der Waals surface area contributed by atoms with E-state index in [4.69, 9.17) is 11.6 Å². The van der Waals surface area contributed by atoms with Crippen molar-refractivity contribution < 1.29 is 0 Å². The van der Waals surface area contributed by atoms with Gasteiger partial charge >= 0.3 is 0 Å². The van der Waals surface area contributed by atoms with E-state index in [9.17, 15) is 0 Å². The molecule has 0 aliphatic heterocycles. The Bertz CT molecular complexity index is 730. The van der Waals surface area contributed by atoms with Gasteiger partial charge in [-0.25, -0.2) is 4.98 Å². The second-order valence-corrected chi connectivity index (χ2v) is 5.89. The van der Waals surface area contributed by atoms with Gasteiger partial charge in [-0.1, -0.05) is 29.8 Å². The summed E-state index contributed by atoms with van der Waals surface area (Å²) in [6.45, 7) is 4.11. The van der Waals surface area contributed by atoms with E-state index in [1.165, 1.54) is 10.3 Å². The van der Waals surface area contributed by atoms with Crippen LogP contribution in [-0.4, -0.2) is 4.98 Å². The molecule has 0 N–H and O–H groups in total. The summed E-state index contributed by atoms with van der Waals surface area (Å²) in [5.41, 5.74) is 4.50. The second-order valence-electron chi connectivity index (χ2n) is 4.45. The third-order valence-electron chi connectivity index (χ3n) is 2.96. The molecule has 3 rings (SSSR count). The molecule has 0 saturated heterocycles. The van der Waals surface area contributed by atoms with Crippen molar-refractivity contribution in [1.82, 2.24) is 4.98 Å². The molecule has 3 aromatic rings. The van der Waals surface area contributed by atoms with Gasteiger partial charge in [0.05, 0.1) is 10.2 Å². The Kier molecular flexibility index (Phi) is 2.84. The van der Waals surface area contributed by atoms with Gasteiger partial charge in [0, 0.05) is 10.6 Å². The van der Waals surface area contributed by atoms with E-state index in [-0.39, 0.29) is 0 Å². The minimum atomic E-state index is 0.794. The van der Waals surface area contributed by atoms with Crippen molar-refractivity contribution in [2.24, 2.45) is 0 Å². The Labute approximate surface area is 115 Å². The lowest BCUT2D eigenvalue weighted by Crippen LogP contribution is -1.79. The molecule has 1 heterocycles. The minimum absolute atomic E-state index is 0.794. The first-order valence-electron chi connectivity index (χ1n) is 5.77. The van der Waals surface area contributed by atoms with E-state index >= 15 is 0 Å². The van der Waals surface area contributed by atoms with E-state index in [0.717, 1.165) is 26.7 Å². The summed E-state index contributed by atoms with van der Waals surface area (Å²) in [6.07, 6.45) is 0. The quantitative estimate of drug-likeness (QED) is 0.591. The van der Waals surface area contributed by atoms with Crippen LogP contribution >= 0.6 is 22.9 Å². The second kappa shape index (κ2) is 4.38. The van der Waals surface area contributed by atoms with Gasteiger partial charge in [0.15, 0.2) is 0 Å². The standard InChI is InChI=1S/C15H12ClNS/c1-9-3-6-13-14(7-9)18-15(17-13)11-5-4-10(2)12(16)8-11/h3-8H,1-2H3. The molecule has 2 aromatic carbocycles. The molecule has 18 heavy (non-hydrogen) atoms. The van der Waals surface area contributed by atoms with Gasteiger partial charge < -0.3 is 0 Å². The maximum absolute atomic E-state index is 6.16. The maximum atomic E-state index is 6.16. The lowest BCUT2D eigenvalue weighted by Gasteiger charge is -1.99. The van der Waals surface area contributed by atoms with Crippen LogP contribution in [0.4, 0.5) is 0 Å². The van der Waals surface area contributed by atoms with Crippen LogP contribution in [0.1, 0.15) is 11.1 Å². The SMILES string of the molecule is Cc1ccc2nc(-c3ccc(C)c(Cl)c3)sc2c1. The Balaban J connectivity index is 2.16. The molecule has 0 bridgehead atoms. The number of hydrogen-bond acceptors (Lipinski definition) is 2. The first-order valence-corrected chi connectivity index (χ1v) is 6.96. The molecular weight excluding hydrogens is 262 g/mol. The van der Waals surface area contributed by atoms with Crippen LogP contribution in [0.5, 0.6) is 0 Å². The number of fused-ring (bicyclic) bond motifs is 1. The first-order chi connectivity index (χ1) is 8.63. The molecule has 1 aromatic heterocycles. The van der Waals surface area contributed by atoms with Gasteiger partial charge in [-0.2, -0.15) is 0 Å². The van der Waals surface area contributed by atoms with E-state index in [1.54, 1.807) is 11.3 Å². The van der Waals surface area contributed by atoms with Gasteiger partial charge in [-0.05, 0) is 43.2 Å². The summed E-state index contributed by atoms with van der Waals surface area (Å²) in [7, 11) is 0. The Hall–Kier alpha value is -1.38. The molecule has 1 nitrogen and oxygen atoms in total. The van der Waals surface area contributed by atoms with Gasteiger partial charge in [0.1, 0.15) is 5.01 Å². The molecule has 0 spiro atoms. The number of aryl methyl sites for hydroxylation is 2. The van der Waals surface area contributed by atoms with Crippen LogP contribution in [0.25, 0.3) is 20.8 Å². The van der Waals surface area contributed by atoms with E-state index in [1.807, 2.05) is 19.1 Å². The highest BCUT2D eigenvalue weighted by atomic mass is 35.5. The van der Waals surface area contributed by atoms with Crippen LogP contribution in [0, 0.1) is 13.8 Å². The van der Waals surface area contributed by atoms with E-state index < -0.39 is 0 Å². The van der Waals surface area contributed by atoms with Gasteiger partial charge in [-0.3, -0.25) is 0 Å². The largest absolute Gasteiger partial charge is 0.236 e. The highest BCUT2D eigenvalue weighted by Gasteiger charge is 2.07. The number of rotatable bonds is 1. The number of nitrogens with zero attached hydrogens (tertiary/aromatic N) is 1. The van der Waals surface area contributed by atoms with E-state index in [2.05, 4.69) is 36.2 Å². The molecular formula is C15H12ClNS. The smallest absolute Gasteiger partial charge is 0.124 e. The predicted molar refractivity (Wildman–Crippen MR) is 79.5 cm³/mol. The molecule has 0 aliphatic rings. The van der Waals surface area contributed by atoms with Crippen LogP contribution in [0.3, 0.4) is 0 Å². The first kappa shape index (κ1) is 11.7. The highest BCUT2D eigenvalue weighted by Crippen LogP contribution is 2.32. The van der Waals surface area contributed by atoms with Crippen molar-refractivity contribution in [3.63, 3.8) is 0 Å². The maximum Gasteiger partial charge on any atom is 0.124 e. The molecule has 0 fully saturated rings. The Morgan fingerprint density at radius 2 is 1.89 bits per heavy atom. The lowest BCUT2D eigenvalue weighted by atomic mass is 10.1. The third-order valence-corrected chi connectivity index (χ3v) is 4.44. The zero-order valence-electron chi connectivity index (χ0n) is 10.2. The number of hydrogen-bond donors (Lipinski definition) is 0. The van der Waals surface area contributed by atoms with Crippen LogP contribution in [0.2, 0.25) is 5.02 Å². The average molecular weight is 274 g/mol. The normalized spacial score (nSPS) is 11.1. The van der Waals surface area contributed by atoms with Crippen molar-refractivity contribution in [2.75, 3.05) is 0 Å². The van der Waals surface area contributed by atoms with Gasteiger partial charge in [0.25, 0.3) is 0 Å². The fourth-order valence-electron chi connectivity index (χ4n) is 1.88. The highest BCUT2D eigenvalue weighted by molar-refractivity contribution is 7.21. The molecule has 0 saturated carbocycles. The summed E-state index contributed by atoms with van der Waals surface area (Å²) in [5, 5.41) is 1.82. The number of halogens is 1. The van der Waals surface area contributed by atoms with E-state index in [0.29, 0.717) is 0 Å². The third kappa shape index (κ3) is 2.02. The van der Waals surface area contributed by atoms with Crippen molar-refractivity contribution in [2.45, 2.75) is 13.8 Å². The predicted octanol–water partition coefficient (Wildman–Crippen LogP) is 5.23. The summed E-state index contributed by atoms with van der Waals surface area (Å²) in [6, 6.07) is 12.4. The molecule has 3 heteroatoms. The Morgan fingerprint density at radius 3 is 2.67 bits per heavy atom. The fraction of sp³-hybridized carbons (Fsp3) is 0.133. The monoisotopic (exact) mass is 273 g/mol. The van der Waals surface area contributed by atoms with Crippen LogP contribution in [0.15, 0.2) is 36.4 Å². The van der Waals surface area contributed by atoms with Crippen molar-refractivity contribution in [3.8, 4) is 10.6 Å². The summed E-state index contributed by atoms with van der Waals surface area (Å²) >= 11 is 7.87. The molecule has 0 unspecified atom stereocenters. The van der Waals surface area contributed by atoms with Gasteiger partial charge in [0.2, 0.25) is 0 Å². The molecule has 90 valence electrons. The minimum Gasteiger partial charge on any atom is -0.236 e. The van der Waals surface area contributed by atoms with Gasteiger partial charge in [-0.15, -0.1) is 11.3 Å².